The first-order valence-corrected chi connectivity index (χ1v) is 10.6. The Morgan fingerprint density at radius 1 is 1.37 bits per heavy atom. The minimum atomic E-state index is -0.515. The van der Waals surface area contributed by atoms with Gasteiger partial charge in [-0.2, -0.15) is 0 Å². The van der Waals surface area contributed by atoms with Crippen molar-refractivity contribution >= 4 is 33.3 Å². The van der Waals surface area contributed by atoms with Gasteiger partial charge in [-0.25, -0.2) is 9.78 Å². The smallest absolute Gasteiger partial charge is 0.414 e. The van der Waals surface area contributed by atoms with Crippen LogP contribution in [0.25, 0.3) is 15.9 Å². The SMILES string of the molecule is CC(C)CC1C=C(c2ccc3scnc3c2)N(C(=O)OC(C)(C)C)CC1C. The Labute approximate surface area is 166 Å². The van der Waals surface area contributed by atoms with Crippen molar-refractivity contribution in [3.05, 3.63) is 35.3 Å². The monoisotopic (exact) mass is 386 g/mol. The first-order valence-electron chi connectivity index (χ1n) is 9.70. The van der Waals surface area contributed by atoms with Gasteiger partial charge in [0.25, 0.3) is 0 Å². The number of amides is 1. The Morgan fingerprint density at radius 3 is 2.78 bits per heavy atom. The lowest BCUT2D eigenvalue weighted by Gasteiger charge is -2.38. The molecule has 0 saturated carbocycles. The second-order valence-corrected chi connectivity index (χ2v) is 9.83. The van der Waals surface area contributed by atoms with Crippen molar-refractivity contribution in [3.8, 4) is 0 Å². The molecule has 1 aromatic heterocycles. The summed E-state index contributed by atoms with van der Waals surface area (Å²) >= 11 is 1.63. The molecule has 2 heterocycles. The summed E-state index contributed by atoms with van der Waals surface area (Å²) in [6, 6.07) is 6.26. The van der Waals surface area contributed by atoms with Crippen LogP contribution in [0, 0.1) is 17.8 Å². The van der Waals surface area contributed by atoms with Gasteiger partial charge >= 0.3 is 6.09 Å². The first-order chi connectivity index (χ1) is 12.6. The fourth-order valence-electron chi connectivity index (χ4n) is 3.58. The molecule has 0 aliphatic carbocycles. The van der Waals surface area contributed by atoms with Crippen LogP contribution in [-0.2, 0) is 4.74 Å². The van der Waals surface area contributed by atoms with Gasteiger partial charge in [0.2, 0.25) is 0 Å². The number of rotatable bonds is 3. The van der Waals surface area contributed by atoms with Crippen molar-refractivity contribution < 1.29 is 9.53 Å². The van der Waals surface area contributed by atoms with E-state index in [1.54, 1.807) is 16.2 Å². The number of allylic oxidation sites excluding steroid dienone is 1. The van der Waals surface area contributed by atoms with E-state index in [0.29, 0.717) is 24.3 Å². The highest BCUT2D eigenvalue weighted by atomic mass is 32.1. The lowest BCUT2D eigenvalue weighted by atomic mass is 9.82. The number of benzene rings is 1. The predicted molar refractivity (Wildman–Crippen MR) is 113 cm³/mol. The number of aromatic nitrogens is 1. The summed E-state index contributed by atoms with van der Waals surface area (Å²) in [7, 11) is 0. The van der Waals surface area contributed by atoms with Crippen LogP contribution in [0.3, 0.4) is 0 Å². The zero-order chi connectivity index (χ0) is 19.8. The highest BCUT2D eigenvalue weighted by Crippen LogP contribution is 2.36. The number of carbonyl (C=O) groups is 1. The lowest BCUT2D eigenvalue weighted by Crippen LogP contribution is -2.42. The van der Waals surface area contributed by atoms with E-state index in [-0.39, 0.29) is 6.09 Å². The molecule has 1 aromatic carbocycles. The molecule has 0 spiro atoms. The fourth-order valence-corrected chi connectivity index (χ4v) is 4.24. The molecule has 0 radical (unpaired) electrons. The van der Waals surface area contributed by atoms with Crippen molar-refractivity contribution in [3.63, 3.8) is 0 Å². The van der Waals surface area contributed by atoms with Crippen LogP contribution in [0.15, 0.2) is 29.8 Å². The van der Waals surface area contributed by atoms with Crippen LogP contribution >= 0.6 is 11.3 Å². The molecule has 0 N–H and O–H groups in total. The number of hydrogen-bond donors (Lipinski definition) is 0. The molecule has 5 heteroatoms. The molecular formula is C22H30N2O2S. The average Bonchev–Trinajstić information content (AvgIpc) is 3.01. The predicted octanol–water partition coefficient (Wildman–Crippen LogP) is 6.19. The minimum Gasteiger partial charge on any atom is -0.443 e. The van der Waals surface area contributed by atoms with E-state index in [1.165, 1.54) is 0 Å². The second kappa shape index (κ2) is 7.63. The number of fused-ring (bicyclic) bond motifs is 1. The van der Waals surface area contributed by atoms with Gasteiger partial charge in [0.05, 0.1) is 21.4 Å². The molecule has 2 aromatic rings. The summed E-state index contributed by atoms with van der Waals surface area (Å²) in [5.41, 5.74) is 4.29. The van der Waals surface area contributed by atoms with Gasteiger partial charge in [-0.05, 0) is 57.1 Å². The Morgan fingerprint density at radius 2 is 2.11 bits per heavy atom. The highest BCUT2D eigenvalue weighted by molar-refractivity contribution is 7.16. The molecule has 0 saturated heterocycles. The molecule has 27 heavy (non-hydrogen) atoms. The number of carbonyl (C=O) groups excluding carboxylic acids is 1. The van der Waals surface area contributed by atoms with Crippen LogP contribution < -0.4 is 0 Å². The zero-order valence-electron chi connectivity index (χ0n) is 17.2. The van der Waals surface area contributed by atoms with Crippen LogP contribution in [0.2, 0.25) is 0 Å². The molecule has 1 amide bonds. The van der Waals surface area contributed by atoms with Crippen LogP contribution in [0.1, 0.15) is 53.5 Å². The zero-order valence-corrected chi connectivity index (χ0v) is 18.0. The largest absolute Gasteiger partial charge is 0.443 e. The van der Waals surface area contributed by atoms with Crippen molar-refractivity contribution in [1.82, 2.24) is 9.88 Å². The Balaban J connectivity index is 2.01. The Bertz CT molecular complexity index is 847. The van der Waals surface area contributed by atoms with Crippen molar-refractivity contribution in [1.29, 1.82) is 0 Å². The molecule has 3 rings (SSSR count). The second-order valence-electron chi connectivity index (χ2n) is 8.95. The quantitative estimate of drug-likeness (QED) is 0.632. The maximum Gasteiger partial charge on any atom is 0.414 e. The van der Waals surface area contributed by atoms with Gasteiger partial charge in [0, 0.05) is 12.1 Å². The van der Waals surface area contributed by atoms with Gasteiger partial charge in [-0.15, -0.1) is 11.3 Å². The topological polar surface area (TPSA) is 42.4 Å². The molecule has 0 bridgehead atoms. The highest BCUT2D eigenvalue weighted by Gasteiger charge is 2.33. The third-order valence-corrected chi connectivity index (χ3v) is 5.66. The fraction of sp³-hybridized carbons (Fsp3) is 0.545. The van der Waals surface area contributed by atoms with E-state index in [9.17, 15) is 4.79 Å². The van der Waals surface area contributed by atoms with Crippen molar-refractivity contribution in [2.75, 3.05) is 6.54 Å². The number of thiazole rings is 1. The Hall–Kier alpha value is -1.88. The van der Waals surface area contributed by atoms with Crippen LogP contribution in [0.4, 0.5) is 4.79 Å². The summed E-state index contributed by atoms with van der Waals surface area (Å²) in [5.74, 6) is 1.46. The number of nitrogens with zero attached hydrogens (tertiary/aromatic N) is 2. The summed E-state index contributed by atoms with van der Waals surface area (Å²) in [4.78, 5) is 19.2. The van der Waals surface area contributed by atoms with E-state index in [4.69, 9.17) is 4.74 Å². The van der Waals surface area contributed by atoms with Crippen molar-refractivity contribution in [2.24, 2.45) is 17.8 Å². The normalized spacial score (nSPS) is 20.9. The average molecular weight is 387 g/mol. The van der Waals surface area contributed by atoms with E-state index in [2.05, 4.69) is 50.0 Å². The summed E-state index contributed by atoms with van der Waals surface area (Å²) < 4.78 is 6.86. The van der Waals surface area contributed by atoms with E-state index >= 15 is 0 Å². The molecule has 4 nitrogen and oxygen atoms in total. The van der Waals surface area contributed by atoms with E-state index in [0.717, 1.165) is 27.9 Å². The molecule has 2 unspecified atom stereocenters. The summed E-state index contributed by atoms with van der Waals surface area (Å²) in [5, 5.41) is 0. The third-order valence-electron chi connectivity index (χ3n) is 4.85. The molecule has 146 valence electrons. The van der Waals surface area contributed by atoms with Crippen LogP contribution in [-0.4, -0.2) is 28.1 Å². The molecule has 1 aliphatic rings. The number of hydrogen-bond acceptors (Lipinski definition) is 4. The number of ether oxygens (including phenoxy) is 1. The molecule has 0 fully saturated rings. The Kier molecular flexibility index (Phi) is 5.61. The summed E-state index contributed by atoms with van der Waals surface area (Å²) in [6.45, 7) is 13.1. The van der Waals surface area contributed by atoms with Gasteiger partial charge in [0.1, 0.15) is 5.60 Å². The maximum absolute atomic E-state index is 12.9. The third kappa shape index (κ3) is 4.70. The lowest BCUT2D eigenvalue weighted by molar-refractivity contribution is 0.0311. The van der Waals surface area contributed by atoms with Gasteiger partial charge < -0.3 is 4.74 Å². The summed E-state index contributed by atoms with van der Waals surface area (Å²) in [6.07, 6.45) is 3.11. The molecule has 1 aliphatic heterocycles. The van der Waals surface area contributed by atoms with E-state index < -0.39 is 5.60 Å². The standard InChI is InChI=1S/C22H30N2O2S/c1-14(2)9-17-11-19(16-7-8-20-18(10-16)23-13-27-20)24(12-15(17)3)21(25)26-22(4,5)6/h7-8,10-11,13-15,17H,9,12H2,1-6H3. The molecule has 2 atom stereocenters. The molecular weight excluding hydrogens is 356 g/mol. The first kappa shape index (κ1) is 19.9. The van der Waals surface area contributed by atoms with E-state index in [1.807, 2.05) is 26.3 Å². The van der Waals surface area contributed by atoms with Gasteiger partial charge in [-0.3, -0.25) is 4.90 Å². The van der Waals surface area contributed by atoms with Gasteiger partial charge in [-0.1, -0.05) is 32.9 Å². The minimum absolute atomic E-state index is 0.276. The van der Waals surface area contributed by atoms with Gasteiger partial charge in [0.15, 0.2) is 0 Å². The van der Waals surface area contributed by atoms with Crippen LogP contribution in [0.5, 0.6) is 0 Å². The van der Waals surface area contributed by atoms with Crippen molar-refractivity contribution in [2.45, 2.75) is 53.6 Å². The maximum atomic E-state index is 12.9.